The zero-order chi connectivity index (χ0) is 19.2. The van der Waals surface area contributed by atoms with Gasteiger partial charge in [-0.3, -0.25) is 4.90 Å². The van der Waals surface area contributed by atoms with Crippen LogP contribution in [0, 0.1) is 6.92 Å². The van der Waals surface area contributed by atoms with Crippen LogP contribution in [0.1, 0.15) is 18.4 Å². The lowest BCUT2D eigenvalue weighted by Gasteiger charge is -2.36. The minimum Gasteiger partial charge on any atom is -0.456 e. The van der Waals surface area contributed by atoms with Crippen LogP contribution in [0.5, 0.6) is 0 Å². The van der Waals surface area contributed by atoms with E-state index in [4.69, 9.17) is 9.47 Å². The summed E-state index contributed by atoms with van der Waals surface area (Å²) in [6.07, 6.45) is 11.9. The fourth-order valence-corrected chi connectivity index (χ4v) is 4.63. The molecule has 0 aromatic heterocycles. The highest BCUT2D eigenvalue weighted by molar-refractivity contribution is 7.99. The minimum absolute atomic E-state index is 0.824. The van der Waals surface area contributed by atoms with E-state index in [9.17, 15) is 0 Å². The molecule has 4 rings (SSSR count). The summed E-state index contributed by atoms with van der Waals surface area (Å²) < 4.78 is 11.7. The van der Waals surface area contributed by atoms with Gasteiger partial charge in [0.15, 0.2) is 12.0 Å². The molecule has 0 saturated carbocycles. The van der Waals surface area contributed by atoms with Crippen molar-refractivity contribution >= 4 is 11.8 Å². The molecule has 0 amide bonds. The molecular formula is C23H28N2O2S. The van der Waals surface area contributed by atoms with E-state index in [0.717, 1.165) is 63.0 Å². The van der Waals surface area contributed by atoms with Crippen LogP contribution < -0.4 is 0 Å². The third kappa shape index (κ3) is 4.83. The second kappa shape index (κ2) is 9.39. The van der Waals surface area contributed by atoms with Crippen LogP contribution in [0.2, 0.25) is 0 Å². The number of piperazine rings is 1. The maximum atomic E-state index is 5.88. The average Bonchev–Trinajstić information content (AvgIpc) is 2.76. The fourth-order valence-electron chi connectivity index (χ4n) is 3.59. The molecule has 1 fully saturated rings. The number of nitrogens with zero attached hydrogens (tertiary/aromatic N) is 2. The van der Waals surface area contributed by atoms with Crippen molar-refractivity contribution in [3.8, 4) is 0 Å². The molecule has 1 aromatic rings. The smallest absolute Gasteiger partial charge is 0.231 e. The molecule has 1 aromatic carbocycles. The standard InChI is InChI=1S/C23H28N2O2S/c1-19-7-5-6-10-22(19)28-16-15-24-11-13-25(14-12-24)23-18-26-21(17-27-23)20-8-3-2-4-9-20/h2-3,5-8,10,17-18H,4,9,11-16H2,1H3. The van der Waals surface area contributed by atoms with E-state index in [-0.39, 0.29) is 0 Å². The molecule has 0 unspecified atom stereocenters. The molecule has 4 nitrogen and oxygen atoms in total. The van der Waals surface area contributed by atoms with E-state index >= 15 is 0 Å². The maximum absolute atomic E-state index is 5.88. The van der Waals surface area contributed by atoms with Gasteiger partial charge in [-0.15, -0.1) is 11.8 Å². The lowest BCUT2D eigenvalue weighted by atomic mass is 10.0. The second-order valence-electron chi connectivity index (χ2n) is 7.28. The summed E-state index contributed by atoms with van der Waals surface area (Å²) in [5, 5.41) is 0. The van der Waals surface area contributed by atoms with Crippen LogP contribution in [0.25, 0.3) is 0 Å². The molecule has 2 heterocycles. The van der Waals surface area contributed by atoms with Gasteiger partial charge >= 0.3 is 0 Å². The molecule has 0 radical (unpaired) electrons. The predicted octanol–water partition coefficient (Wildman–Crippen LogP) is 4.67. The van der Waals surface area contributed by atoms with Gasteiger partial charge in [-0.1, -0.05) is 36.4 Å². The molecular weight excluding hydrogens is 368 g/mol. The Kier molecular flexibility index (Phi) is 6.45. The zero-order valence-corrected chi connectivity index (χ0v) is 17.3. The van der Waals surface area contributed by atoms with Crippen LogP contribution in [-0.4, -0.2) is 48.3 Å². The molecule has 0 spiro atoms. The molecule has 28 heavy (non-hydrogen) atoms. The largest absolute Gasteiger partial charge is 0.456 e. The monoisotopic (exact) mass is 396 g/mol. The fraction of sp³-hybridized carbons (Fsp3) is 0.391. The summed E-state index contributed by atoms with van der Waals surface area (Å²) in [5.74, 6) is 2.78. The first-order valence-electron chi connectivity index (χ1n) is 10.0. The van der Waals surface area contributed by atoms with Crippen molar-refractivity contribution < 1.29 is 9.47 Å². The molecule has 0 bridgehead atoms. The SMILES string of the molecule is Cc1ccccc1SCCN1CCN(C2=COC(C3=CC=CCC3)=CO2)CC1. The Labute approximate surface area is 172 Å². The van der Waals surface area contributed by atoms with E-state index in [1.807, 2.05) is 11.8 Å². The first-order chi connectivity index (χ1) is 13.8. The third-order valence-electron chi connectivity index (χ3n) is 5.35. The van der Waals surface area contributed by atoms with E-state index in [0.29, 0.717) is 0 Å². The van der Waals surface area contributed by atoms with Crippen LogP contribution in [-0.2, 0) is 9.47 Å². The number of thioether (sulfide) groups is 1. The van der Waals surface area contributed by atoms with Gasteiger partial charge in [0.2, 0.25) is 5.88 Å². The summed E-state index contributed by atoms with van der Waals surface area (Å²) >= 11 is 1.95. The van der Waals surface area contributed by atoms with Crippen molar-refractivity contribution in [1.82, 2.24) is 9.80 Å². The van der Waals surface area contributed by atoms with Gasteiger partial charge in [0.25, 0.3) is 0 Å². The van der Waals surface area contributed by atoms with E-state index < -0.39 is 0 Å². The highest BCUT2D eigenvalue weighted by Gasteiger charge is 2.22. The van der Waals surface area contributed by atoms with Crippen LogP contribution in [0.3, 0.4) is 0 Å². The first kappa shape index (κ1) is 19.2. The van der Waals surface area contributed by atoms with Crippen molar-refractivity contribution in [2.45, 2.75) is 24.7 Å². The molecule has 2 aliphatic heterocycles. The Morgan fingerprint density at radius 1 is 1.04 bits per heavy atom. The van der Waals surface area contributed by atoms with Crippen molar-refractivity contribution in [2.75, 3.05) is 38.5 Å². The van der Waals surface area contributed by atoms with Gasteiger partial charge in [-0.25, -0.2) is 0 Å². The molecule has 0 atom stereocenters. The van der Waals surface area contributed by atoms with Gasteiger partial charge in [0.05, 0.1) is 0 Å². The van der Waals surface area contributed by atoms with Crippen molar-refractivity contribution in [3.63, 3.8) is 0 Å². The normalized spacial score (nSPS) is 20.0. The second-order valence-corrected chi connectivity index (χ2v) is 8.41. The molecule has 1 aliphatic carbocycles. The van der Waals surface area contributed by atoms with Gasteiger partial charge in [-0.05, 0) is 37.0 Å². The molecule has 1 saturated heterocycles. The van der Waals surface area contributed by atoms with Crippen LogP contribution >= 0.6 is 11.8 Å². The summed E-state index contributed by atoms with van der Waals surface area (Å²) in [6.45, 7) is 7.36. The van der Waals surface area contributed by atoms with Crippen molar-refractivity contribution in [1.29, 1.82) is 0 Å². The van der Waals surface area contributed by atoms with Gasteiger partial charge < -0.3 is 14.4 Å². The maximum Gasteiger partial charge on any atom is 0.231 e. The van der Waals surface area contributed by atoms with E-state index in [1.54, 1.807) is 12.5 Å². The third-order valence-corrected chi connectivity index (χ3v) is 6.50. The quantitative estimate of drug-likeness (QED) is 0.651. The Morgan fingerprint density at radius 3 is 2.61 bits per heavy atom. The number of hydrogen-bond acceptors (Lipinski definition) is 5. The van der Waals surface area contributed by atoms with E-state index in [1.165, 1.54) is 16.0 Å². The molecule has 3 aliphatic rings. The summed E-state index contributed by atoms with van der Waals surface area (Å²) in [5.41, 5.74) is 2.57. The Morgan fingerprint density at radius 2 is 1.89 bits per heavy atom. The number of aryl methyl sites for hydroxylation is 1. The number of allylic oxidation sites excluding steroid dienone is 4. The van der Waals surface area contributed by atoms with Crippen molar-refractivity contribution in [2.24, 2.45) is 0 Å². The summed E-state index contributed by atoms with van der Waals surface area (Å²) in [4.78, 5) is 6.20. The lowest BCUT2D eigenvalue weighted by Crippen LogP contribution is -2.46. The van der Waals surface area contributed by atoms with Crippen LogP contribution in [0.4, 0.5) is 0 Å². The number of rotatable bonds is 6. The minimum atomic E-state index is 0.824. The Balaban J connectivity index is 1.19. The van der Waals surface area contributed by atoms with Crippen LogP contribution in [0.15, 0.2) is 77.1 Å². The van der Waals surface area contributed by atoms with Crippen molar-refractivity contribution in [3.05, 3.63) is 77.8 Å². The topological polar surface area (TPSA) is 24.9 Å². The lowest BCUT2D eigenvalue weighted by molar-refractivity contribution is 0.0872. The summed E-state index contributed by atoms with van der Waals surface area (Å²) in [6, 6.07) is 8.62. The molecule has 5 heteroatoms. The number of hydrogen-bond donors (Lipinski definition) is 0. The Bertz CT molecular complexity index is 805. The van der Waals surface area contributed by atoms with Gasteiger partial charge in [0.1, 0.15) is 6.26 Å². The zero-order valence-electron chi connectivity index (χ0n) is 16.5. The molecule has 0 N–H and O–H groups in total. The summed E-state index contributed by atoms with van der Waals surface area (Å²) in [7, 11) is 0. The number of ether oxygens (including phenoxy) is 2. The molecule has 148 valence electrons. The average molecular weight is 397 g/mol. The van der Waals surface area contributed by atoms with E-state index in [2.05, 4.69) is 59.2 Å². The first-order valence-corrected chi connectivity index (χ1v) is 11.0. The number of benzene rings is 1. The highest BCUT2D eigenvalue weighted by Crippen LogP contribution is 2.26. The van der Waals surface area contributed by atoms with Gasteiger partial charge in [0, 0.05) is 43.4 Å². The van der Waals surface area contributed by atoms with Gasteiger partial charge in [-0.2, -0.15) is 0 Å². The highest BCUT2D eigenvalue weighted by atomic mass is 32.2. The Hall–Kier alpha value is -2.11. The predicted molar refractivity (Wildman–Crippen MR) is 115 cm³/mol.